The van der Waals surface area contributed by atoms with E-state index in [2.05, 4.69) is 5.32 Å². The molecule has 0 saturated heterocycles. The maximum atomic E-state index is 12.5. The summed E-state index contributed by atoms with van der Waals surface area (Å²) >= 11 is 0. The van der Waals surface area contributed by atoms with Crippen molar-refractivity contribution in [3.05, 3.63) is 76.1 Å². The summed E-state index contributed by atoms with van der Waals surface area (Å²) in [7, 11) is 0. The molecule has 0 saturated carbocycles. The summed E-state index contributed by atoms with van der Waals surface area (Å²) in [6.45, 7) is 4.31. The molecule has 1 aromatic heterocycles. The molecule has 0 aliphatic rings. The smallest absolute Gasteiger partial charge is 0.337 e. The normalized spacial score (nSPS) is 10.9. The van der Waals surface area contributed by atoms with Crippen molar-refractivity contribution in [2.24, 2.45) is 0 Å². The average Bonchev–Trinajstić information content (AvgIpc) is 2.61. The topological polar surface area (TPSA) is 68.5 Å². The lowest BCUT2D eigenvalue weighted by molar-refractivity contribution is 0.0955. The van der Waals surface area contributed by atoms with Gasteiger partial charge in [-0.1, -0.05) is 30.3 Å². The number of carbonyl (C=O) groups is 1. The van der Waals surface area contributed by atoms with Gasteiger partial charge in [-0.25, -0.2) is 4.79 Å². The van der Waals surface area contributed by atoms with Crippen LogP contribution in [-0.4, -0.2) is 18.6 Å². The van der Waals surface area contributed by atoms with Crippen molar-refractivity contribution in [1.82, 2.24) is 5.32 Å². The molecule has 5 nitrogen and oxygen atoms in total. The van der Waals surface area contributed by atoms with Gasteiger partial charge in [0.15, 0.2) is 0 Å². The van der Waals surface area contributed by atoms with E-state index in [9.17, 15) is 9.59 Å². The van der Waals surface area contributed by atoms with Crippen molar-refractivity contribution < 1.29 is 13.9 Å². The van der Waals surface area contributed by atoms with E-state index < -0.39 is 5.63 Å². The molecule has 1 heterocycles. The van der Waals surface area contributed by atoms with Gasteiger partial charge in [-0.05, 0) is 38.0 Å². The third kappa shape index (κ3) is 4.30. The molecule has 0 bridgehead atoms. The minimum Gasteiger partial charge on any atom is -0.491 e. The van der Waals surface area contributed by atoms with Gasteiger partial charge in [0, 0.05) is 24.1 Å². The first kappa shape index (κ1) is 17.7. The fourth-order valence-corrected chi connectivity index (χ4v) is 2.74. The van der Waals surface area contributed by atoms with E-state index in [-0.39, 0.29) is 12.0 Å². The highest BCUT2D eigenvalue weighted by molar-refractivity contribution is 6.05. The molecular formula is C21H21NO4. The highest BCUT2D eigenvalue weighted by atomic mass is 16.5. The number of hydrogen-bond acceptors (Lipinski definition) is 4. The van der Waals surface area contributed by atoms with E-state index >= 15 is 0 Å². The number of carbonyl (C=O) groups excluding carboxylic acids is 1. The van der Waals surface area contributed by atoms with Crippen LogP contribution in [0.5, 0.6) is 5.75 Å². The molecule has 0 unspecified atom stereocenters. The predicted molar refractivity (Wildman–Crippen MR) is 101 cm³/mol. The summed E-state index contributed by atoms with van der Waals surface area (Å²) in [5, 5.41) is 3.44. The molecule has 0 radical (unpaired) electrons. The minimum atomic E-state index is -0.563. The molecule has 0 aliphatic heterocycles. The van der Waals surface area contributed by atoms with Gasteiger partial charge in [0.1, 0.15) is 11.3 Å². The van der Waals surface area contributed by atoms with Crippen molar-refractivity contribution in [2.45, 2.75) is 26.4 Å². The van der Waals surface area contributed by atoms with Crippen molar-refractivity contribution in [1.29, 1.82) is 0 Å². The van der Waals surface area contributed by atoms with Crippen LogP contribution in [0.3, 0.4) is 0 Å². The first-order valence-corrected chi connectivity index (χ1v) is 8.59. The number of rotatable bonds is 6. The lowest BCUT2D eigenvalue weighted by atomic mass is 10.1. The van der Waals surface area contributed by atoms with Crippen LogP contribution in [0.25, 0.3) is 11.0 Å². The van der Waals surface area contributed by atoms with Gasteiger partial charge < -0.3 is 14.5 Å². The van der Waals surface area contributed by atoms with Crippen LogP contribution >= 0.6 is 0 Å². The third-order valence-electron chi connectivity index (χ3n) is 3.87. The van der Waals surface area contributed by atoms with Crippen LogP contribution in [0.4, 0.5) is 0 Å². The maximum absolute atomic E-state index is 12.5. The number of ether oxygens (including phenoxy) is 1. The second-order valence-electron chi connectivity index (χ2n) is 6.30. The number of amides is 1. The van der Waals surface area contributed by atoms with Gasteiger partial charge in [-0.2, -0.15) is 0 Å². The largest absolute Gasteiger partial charge is 0.491 e. The summed E-state index contributed by atoms with van der Waals surface area (Å²) in [6.07, 6.45) is 0.724. The zero-order valence-electron chi connectivity index (χ0n) is 14.8. The minimum absolute atomic E-state index is 0.00337. The molecule has 26 heavy (non-hydrogen) atoms. The number of nitrogens with one attached hydrogen (secondary N) is 1. The van der Waals surface area contributed by atoms with Crippen molar-refractivity contribution in [3.63, 3.8) is 0 Å². The monoisotopic (exact) mass is 351 g/mol. The van der Waals surface area contributed by atoms with Gasteiger partial charge in [0.2, 0.25) is 0 Å². The lowest BCUT2D eigenvalue weighted by Gasteiger charge is -2.11. The van der Waals surface area contributed by atoms with Gasteiger partial charge in [0.05, 0.1) is 11.7 Å². The SMILES string of the molecule is CC(C)Oc1ccc2c(C(=O)NCCc3ccccc3)cc(=O)oc2c1. The quantitative estimate of drug-likeness (QED) is 0.690. The molecule has 1 N–H and O–H groups in total. The van der Waals surface area contributed by atoms with Gasteiger partial charge in [-0.15, -0.1) is 0 Å². The number of fused-ring (bicyclic) bond motifs is 1. The number of benzene rings is 2. The third-order valence-corrected chi connectivity index (χ3v) is 3.87. The van der Waals surface area contributed by atoms with E-state index in [1.807, 2.05) is 44.2 Å². The Bertz CT molecular complexity index is 961. The zero-order chi connectivity index (χ0) is 18.5. The highest BCUT2D eigenvalue weighted by Crippen LogP contribution is 2.23. The van der Waals surface area contributed by atoms with Crippen LogP contribution in [0.2, 0.25) is 0 Å². The first-order chi connectivity index (χ1) is 12.5. The summed E-state index contributed by atoms with van der Waals surface area (Å²) in [5.74, 6) is 0.300. The van der Waals surface area contributed by atoms with Gasteiger partial charge in [-0.3, -0.25) is 4.79 Å². The Hall–Kier alpha value is -3.08. The Labute approximate surface area is 151 Å². The molecule has 0 spiro atoms. The Balaban J connectivity index is 1.79. The fraction of sp³-hybridized carbons (Fsp3) is 0.238. The second kappa shape index (κ2) is 7.87. The lowest BCUT2D eigenvalue weighted by Crippen LogP contribution is -2.26. The molecule has 0 fully saturated rings. The molecule has 0 aliphatic carbocycles. The number of hydrogen-bond donors (Lipinski definition) is 1. The zero-order valence-corrected chi connectivity index (χ0v) is 14.8. The molecular weight excluding hydrogens is 330 g/mol. The van der Waals surface area contributed by atoms with E-state index in [4.69, 9.17) is 9.15 Å². The van der Waals surface area contributed by atoms with Crippen LogP contribution < -0.4 is 15.7 Å². The molecule has 1 amide bonds. The molecule has 3 aromatic rings. The van der Waals surface area contributed by atoms with E-state index in [1.165, 1.54) is 6.07 Å². The van der Waals surface area contributed by atoms with E-state index in [0.717, 1.165) is 12.0 Å². The summed E-state index contributed by atoms with van der Waals surface area (Å²) in [5.41, 5.74) is 1.22. The van der Waals surface area contributed by atoms with Crippen LogP contribution in [0, 0.1) is 0 Å². The van der Waals surface area contributed by atoms with Gasteiger partial charge in [0.25, 0.3) is 5.91 Å². The van der Waals surface area contributed by atoms with E-state index in [0.29, 0.717) is 28.8 Å². The van der Waals surface area contributed by atoms with Crippen LogP contribution in [0.1, 0.15) is 29.8 Å². The fourth-order valence-electron chi connectivity index (χ4n) is 2.74. The average molecular weight is 351 g/mol. The van der Waals surface area contributed by atoms with E-state index in [1.54, 1.807) is 18.2 Å². The van der Waals surface area contributed by atoms with Crippen molar-refractivity contribution in [3.8, 4) is 5.75 Å². The van der Waals surface area contributed by atoms with Crippen molar-refractivity contribution in [2.75, 3.05) is 6.54 Å². The Morgan fingerprint density at radius 3 is 2.62 bits per heavy atom. The van der Waals surface area contributed by atoms with Crippen LogP contribution in [-0.2, 0) is 6.42 Å². The summed E-state index contributed by atoms with van der Waals surface area (Å²) < 4.78 is 10.8. The van der Waals surface area contributed by atoms with Gasteiger partial charge >= 0.3 is 5.63 Å². The van der Waals surface area contributed by atoms with Crippen LogP contribution in [0.15, 0.2) is 63.8 Å². The molecule has 3 rings (SSSR count). The highest BCUT2D eigenvalue weighted by Gasteiger charge is 2.14. The Morgan fingerprint density at radius 1 is 1.12 bits per heavy atom. The Morgan fingerprint density at radius 2 is 1.88 bits per heavy atom. The Kier molecular flexibility index (Phi) is 5.37. The van der Waals surface area contributed by atoms with Crippen molar-refractivity contribution >= 4 is 16.9 Å². The summed E-state index contributed by atoms with van der Waals surface area (Å²) in [6, 6.07) is 16.3. The predicted octanol–water partition coefficient (Wildman–Crippen LogP) is 3.55. The molecule has 0 atom stereocenters. The first-order valence-electron chi connectivity index (χ1n) is 8.59. The second-order valence-corrected chi connectivity index (χ2v) is 6.30. The molecule has 2 aromatic carbocycles. The molecule has 134 valence electrons. The maximum Gasteiger partial charge on any atom is 0.337 e. The summed E-state index contributed by atoms with van der Waals surface area (Å²) in [4.78, 5) is 24.4. The molecule has 5 heteroatoms. The standard InChI is InChI=1S/C21H21NO4/c1-14(2)25-16-8-9-17-18(13-20(23)26-19(17)12-16)21(24)22-11-10-15-6-4-3-5-7-15/h3-9,12-14H,10-11H2,1-2H3,(H,22,24).